The molecule has 17 heavy (non-hydrogen) atoms. The highest BCUT2D eigenvalue weighted by atomic mass is 19.1. The number of rotatable bonds is 4. The van der Waals surface area contributed by atoms with Crippen LogP contribution >= 0.6 is 0 Å². The summed E-state index contributed by atoms with van der Waals surface area (Å²) >= 11 is 0. The highest BCUT2D eigenvalue weighted by molar-refractivity contribution is 5.98. The standard InChI is InChI=1S/C14H17FO2/c1-9(2)17-13-7-6-11(8-12(13)15)14(16)10-4-3-5-10/h6-10H,3-5H2,1-2H3. The Morgan fingerprint density at radius 2 is 2.12 bits per heavy atom. The Kier molecular flexibility index (Phi) is 3.46. The van der Waals surface area contributed by atoms with Gasteiger partial charge in [0.2, 0.25) is 0 Å². The van der Waals surface area contributed by atoms with Crippen molar-refractivity contribution in [3.05, 3.63) is 29.6 Å². The Bertz CT molecular complexity index is 422. The van der Waals surface area contributed by atoms with Crippen molar-refractivity contribution in [2.75, 3.05) is 0 Å². The summed E-state index contributed by atoms with van der Waals surface area (Å²) in [4.78, 5) is 11.9. The van der Waals surface area contributed by atoms with Gasteiger partial charge in [0.25, 0.3) is 0 Å². The second kappa shape index (κ2) is 4.86. The monoisotopic (exact) mass is 236 g/mol. The molecule has 1 aromatic carbocycles. The van der Waals surface area contributed by atoms with Gasteiger partial charge in [-0.3, -0.25) is 4.79 Å². The van der Waals surface area contributed by atoms with Gasteiger partial charge >= 0.3 is 0 Å². The Morgan fingerprint density at radius 3 is 2.59 bits per heavy atom. The van der Waals surface area contributed by atoms with E-state index in [0.29, 0.717) is 5.56 Å². The van der Waals surface area contributed by atoms with Crippen molar-refractivity contribution in [3.63, 3.8) is 0 Å². The number of halogens is 1. The molecule has 92 valence electrons. The highest BCUT2D eigenvalue weighted by Gasteiger charge is 2.26. The smallest absolute Gasteiger partial charge is 0.166 e. The van der Waals surface area contributed by atoms with Crippen LogP contribution in [0.3, 0.4) is 0 Å². The van der Waals surface area contributed by atoms with Crippen LogP contribution in [0, 0.1) is 11.7 Å². The molecule has 1 saturated carbocycles. The summed E-state index contributed by atoms with van der Waals surface area (Å²) in [6.45, 7) is 3.68. The molecule has 0 aromatic heterocycles. The fourth-order valence-electron chi connectivity index (χ4n) is 1.91. The van der Waals surface area contributed by atoms with Gasteiger partial charge in [-0.05, 0) is 44.9 Å². The minimum absolute atomic E-state index is 0.0613. The van der Waals surface area contributed by atoms with Gasteiger partial charge in [0.15, 0.2) is 17.3 Å². The molecule has 0 heterocycles. The Morgan fingerprint density at radius 1 is 1.41 bits per heavy atom. The average molecular weight is 236 g/mol. The molecule has 0 atom stereocenters. The molecule has 1 aromatic rings. The summed E-state index contributed by atoms with van der Waals surface area (Å²) in [5.41, 5.74) is 0.461. The third-order valence-electron chi connectivity index (χ3n) is 3.06. The molecule has 2 rings (SSSR count). The largest absolute Gasteiger partial charge is 0.488 e. The van der Waals surface area contributed by atoms with E-state index in [4.69, 9.17) is 4.74 Å². The lowest BCUT2D eigenvalue weighted by molar-refractivity contribution is 0.0854. The first-order valence-electron chi connectivity index (χ1n) is 6.08. The van der Waals surface area contributed by atoms with Crippen LogP contribution in [0.4, 0.5) is 4.39 Å². The van der Waals surface area contributed by atoms with Gasteiger partial charge < -0.3 is 4.74 Å². The van der Waals surface area contributed by atoms with E-state index in [1.165, 1.54) is 6.07 Å². The number of ether oxygens (including phenoxy) is 1. The number of hydrogen-bond acceptors (Lipinski definition) is 2. The number of carbonyl (C=O) groups is 1. The second-order valence-corrected chi connectivity index (χ2v) is 4.80. The van der Waals surface area contributed by atoms with Gasteiger partial charge in [-0.2, -0.15) is 0 Å². The fraction of sp³-hybridized carbons (Fsp3) is 0.500. The quantitative estimate of drug-likeness (QED) is 0.747. The van der Waals surface area contributed by atoms with Crippen LogP contribution in [0.5, 0.6) is 5.75 Å². The van der Waals surface area contributed by atoms with E-state index < -0.39 is 5.82 Å². The summed E-state index contributed by atoms with van der Waals surface area (Å²) in [6.07, 6.45) is 2.90. The van der Waals surface area contributed by atoms with E-state index in [-0.39, 0.29) is 23.6 Å². The van der Waals surface area contributed by atoms with Gasteiger partial charge in [0.05, 0.1) is 6.10 Å². The maximum Gasteiger partial charge on any atom is 0.166 e. The van der Waals surface area contributed by atoms with E-state index in [2.05, 4.69) is 0 Å². The van der Waals surface area contributed by atoms with Gasteiger partial charge in [-0.25, -0.2) is 4.39 Å². The lowest BCUT2D eigenvalue weighted by atomic mass is 9.80. The van der Waals surface area contributed by atoms with Crippen molar-refractivity contribution in [2.45, 2.75) is 39.2 Å². The summed E-state index contributed by atoms with van der Waals surface area (Å²) in [6, 6.07) is 4.49. The van der Waals surface area contributed by atoms with Gasteiger partial charge in [0.1, 0.15) is 0 Å². The molecule has 0 bridgehead atoms. The molecule has 2 nitrogen and oxygen atoms in total. The first kappa shape index (κ1) is 12.1. The van der Waals surface area contributed by atoms with Crippen molar-refractivity contribution in [3.8, 4) is 5.75 Å². The van der Waals surface area contributed by atoms with E-state index in [9.17, 15) is 9.18 Å². The maximum atomic E-state index is 13.7. The van der Waals surface area contributed by atoms with Crippen molar-refractivity contribution >= 4 is 5.78 Å². The molecule has 0 aliphatic heterocycles. The van der Waals surface area contributed by atoms with Gasteiger partial charge in [-0.15, -0.1) is 0 Å². The lowest BCUT2D eigenvalue weighted by Gasteiger charge is -2.23. The van der Waals surface area contributed by atoms with Crippen LogP contribution in [-0.2, 0) is 0 Å². The van der Waals surface area contributed by atoms with E-state index in [1.807, 2.05) is 13.8 Å². The van der Waals surface area contributed by atoms with Crippen molar-refractivity contribution in [1.82, 2.24) is 0 Å². The summed E-state index contributed by atoms with van der Waals surface area (Å²) in [7, 11) is 0. The number of hydrogen-bond donors (Lipinski definition) is 0. The topological polar surface area (TPSA) is 26.3 Å². The van der Waals surface area contributed by atoms with E-state index in [0.717, 1.165) is 19.3 Å². The second-order valence-electron chi connectivity index (χ2n) is 4.80. The minimum atomic E-state index is -0.455. The zero-order valence-electron chi connectivity index (χ0n) is 10.2. The highest BCUT2D eigenvalue weighted by Crippen LogP contribution is 2.31. The molecule has 1 fully saturated rings. The number of carbonyl (C=O) groups excluding carboxylic acids is 1. The fourth-order valence-corrected chi connectivity index (χ4v) is 1.91. The number of Topliss-reactive ketones (excluding diaryl/α,β-unsaturated/α-hetero) is 1. The van der Waals surface area contributed by atoms with Gasteiger partial charge in [-0.1, -0.05) is 6.42 Å². The van der Waals surface area contributed by atoms with Crippen LogP contribution in [0.2, 0.25) is 0 Å². The Balaban J connectivity index is 2.15. The van der Waals surface area contributed by atoms with Crippen LogP contribution < -0.4 is 4.74 Å². The van der Waals surface area contributed by atoms with Crippen LogP contribution in [-0.4, -0.2) is 11.9 Å². The molecule has 0 spiro atoms. The molecular formula is C14H17FO2. The Hall–Kier alpha value is -1.38. The Labute approximate surface area is 101 Å². The zero-order chi connectivity index (χ0) is 12.4. The number of benzene rings is 1. The van der Waals surface area contributed by atoms with Crippen LogP contribution in [0.25, 0.3) is 0 Å². The number of ketones is 1. The molecule has 1 aliphatic rings. The normalized spacial score (nSPS) is 15.8. The molecular weight excluding hydrogens is 219 g/mol. The third-order valence-corrected chi connectivity index (χ3v) is 3.06. The van der Waals surface area contributed by atoms with Crippen molar-refractivity contribution < 1.29 is 13.9 Å². The molecule has 0 saturated heterocycles. The molecule has 0 unspecified atom stereocenters. The summed E-state index contributed by atoms with van der Waals surface area (Å²) in [5, 5.41) is 0. The molecule has 3 heteroatoms. The first-order chi connectivity index (χ1) is 8.08. The minimum Gasteiger partial charge on any atom is -0.488 e. The van der Waals surface area contributed by atoms with E-state index in [1.54, 1.807) is 12.1 Å². The van der Waals surface area contributed by atoms with E-state index >= 15 is 0 Å². The maximum absolute atomic E-state index is 13.7. The van der Waals surface area contributed by atoms with Crippen molar-refractivity contribution in [2.24, 2.45) is 5.92 Å². The lowest BCUT2D eigenvalue weighted by Crippen LogP contribution is -2.22. The molecule has 1 aliphatic carbocycles. The summed E-state index contributed by atoms with van der Waals surface area (Å²) in [5.74, 6) is -0.0773. The molecule has 0 radical (unpaired) electrons. The van der Waals surface area contributed by atoms with Gasteiger partial charge in [0, 0.05) is 11.5 Å². The summed E-state index contributed by atoms with van der Waals surface area (Å²) < 4.78 is 19.0. The van der Waals surface area contributed by atoms with Crippen molar-refractivity contribution in [1.29, 1.82) is 0 Å². The molecule has 0 N–H and O–H groups in total. The SMILES string of the molecule is CC(C)Oc1ccc(C(=O)C2CCC2)cc1F. The average Bonchev–Trinajstić information content (AvgIpc) is 2.17. The molecule has 0 amide bonds. The van der Waals surface area contributed by atoms with Crippen LogP contribution in [0.15, 0.2) is 18.2 Å². The first-order valence-corrected chi connectivity index (χ1v) is 6.08. The third kappa shape index (κ3) is 2.65. The van der Waals surface area contributed by atoms with Crippen LogP contribution in [0.1, 0.15) is 43.5 Å². The predicted octanol–water partition coefficient (Wildman–Crippen LogP) is 3.60. The predicted molar refractivity (Wildman–Crippen MR) is 63.8 cm³/mol. The zero-order valence-corrected chi connectivity index (χ0v) is 10.2.